The number of benzene rings is 1. The number of ether oxygens (including phenoxy) is 1. The van der Waals surface area contributed by atoms with Crippen LogP contribution in [0, 0.1) is 5.82 Å². The van der Waals surface area contributed by atoms with Crippen LogP contribution in [0.5, 0.6) is 5.75 Å². The summed E-state index contributed by atoms with van der Waals surface area (Å²) >= 11 is 0. The first kappa shape index (κ1) is 10.1. The minimum Gasteiger partial charge on any atom is -0.490 e. The molecule has 2 nitrogen and oxygen atoms in total. The van der Waals surface area contributed by atoms with Crippen molar-refractivity contribution in [3.8, 4) is 5.75 Å². The molecule has 86 valence electrons. The summed E-state index contributed by atoms with van der Waals surface area (Å²) < 4.78 is 19.7. The predicted octanol–water partition coefficient (Wildman–Crippen LogP) is 2.58. The molecule has 0 amide bonds. The average Bonchev–Trinajstić information content (AvgIpc) is 2.83. The van der Waals surface area contributed by atoms with Crippen molar-refractivity contribution in [1.82, 2.24) is 5.32 Å². The standard InChI is InChI=1S/C13H16FNO/c14-12-10(11-4-1-7-15-11)6-5-9-3-2-8-16-13(9)12/h5-6,11,15H,1-4,7-8H2/t11-/m1/s1. The van der Waals surface area contributed by atoms with Crippen LogP contribution in [0.2, 0.25) is 0 Å². The number of nitrogens with one attached hydrogen (secondary N) is 1. The van der Waals surface area contributed by atoms with E-state index in [4.69, 9.17) is 4.74 Å². The summed E-state index contributed by atoms with van der Waals surface area (Å²) in [6, 6.07) is 4.12. The third-order valence-corrected chi connectivity index (χ3v) is 3.48. The van der Waals surface area contributed by atoms with Crippen molar-refractivity contribution < 1.29 is 9.13 Å². The molecule has 0 spiro atoms. The van der Waals surface area contributed by atoms with Crippen LogP contribution in [0.1, 0.15) is 36.4 Å². The van der Waals surface area contributed by atoms with Crippen LogP contribution < -0.4 is 10.1 Å². The topological polar surface area (TPSA) is 21.3 Å². The highest BCUT2D eigenvalue weighted by atomic mass is 19.1. The molecule has 2 heterocycles. The van der Waals surface area contributed by atoms with Crippen LogP contribution >= 0.6 is 0 Å². The second kappa shape index (κ2) is 4.06. The Bertz CT molecular complexity index is 399. The number of hydrogen-bond acceptors (Lipinski definition) is 2. The molecule has 0 unspecified atom stereocenters. The van der Waals surface area contributed by atoms with E-state index in [-0.39, 0.29) is 11.9 Å². The van der Waals surface area contributed by atoms with E-state index in [1.807, 2.05) is 12.1 Å². The number of aryl methyl sites for hydroxylation is 1. The predicted molar refractivity (Wildman–Crippen MR) is 60.2 cm³/mol. The van der Waals surface area contributed by atoms with Crippen LogP contribution in [-0.2, 0) is 6.42 Å². The van der Waals surface area contributed by atoms with Gasteiger partial charge in [0, 0.05) is 11.6 Å². The monoisotopic (exact) mass is 221 g/mol. The Hall–Kier alpha value is -1.09. The van der Waals surface area contributed by atoms with Gasteiger partial charge < -0.3 is 10.1 Å². The molecule has 0 saturated carbocycles. The fraction of sp³-hybridized carbons (Fsp3) is 0.538. The van der Waals surface area contributed by atoms with E-state index in [0.29, 0.717) is 12.4 Å². The van der Waals surface area contributed by atoms with Crippen molar-refractivity contribution in [1.29, 1.82) is 0 Å². The quantitative estimate of drug-likeness (QED) is 0.787. The van der Waals surface area contributed by atoms with Crippen molar-refractivity contribution >= 4 is 0 Å². The molecule has 0 bridgehead atoms. The third-order valence-electron chi connectivity index (χ3n) is 3.48. The van der Waals surface area contributed by atoms with E-state index < -0.39 is 0 Å². The molecular weight excluding hydrogens is 205 g/mol. The Kier molecular flexibility index (Phi) is 2.56. The molecular formula is C13H16FNO. The molecule has 1 aromatic rings. The molecule has 3 heteroatoms. The van der Waals surface area contributed by atoms with Gasteiger partial charge in [0.1, 0.15) is 0 Å². The highest BCUT2D eigenvalue weighted by Gasteiger charge is 2.24. The lowest BCUT2D eigenvalue weighted by Gasteiger charge is -2.21. The maximum Gasteiger partial charge on any atom is 0.170 e. The number of hydrogen-bond donors (Lipinski definition) is 1. The molecule has 0 radical (unpaired) electrons. The lowest BCUT2D eigenvalue weighted by atomic mass is 9.98. The van der Waals surface area contributed by atoms with Crippen LogP contribution in [0.3, 0.4) is 0 Å². The lowest BCUT2D eigenvalue weighted by Crippen LogP contribution is -2.17. The average molecular weight is 221 g/mol. The van der Waals surface area contributed by atoms with Gasteiger partial charge in [0.05, 0.1) is 6.61 Å². The third kappa shape index (κ3) is 1.59. The molecule has 3 rings (SSSR count). The number of halogens is 1. The van der Waals surface area contributed by atoms with E-state index in [0.717, 1.165) is 43.4 Å². The van der Waals surface area contributed by atoms with E-state index in [1.165, 1.54) is 0 Å². The van der Waals surface area contributed by atoms with Gasteiger partial charge in [0.25, 0.3) is 0 Å². The molecule has 1 N–H and O–H groups in total. The first-order valence-corrected chi connectivity index (χ1v) is 6.04. The van der Waals surface area contributed by atoms with Crippen LogP contribution in [0.4, 0.5) is 4.39 Å². The number of rotatable bonds is 1. The second-order valence-corrected chi connectivity index (χ2v) is 4.56. The minimum atomic E-state index is -0.142. The molecule has 2 aliphatic rings. The Morgan fingerprint density at radius 3 is 3.06 bits per heavy atom. The summed E-state index contributed by atoms with van der Waals surface area (Å²) in [6.45, 7) is 1.63. The molecule has 1 aromatic carbocycles. The molecule has 1 saturated heterocycles. The summed E-state index contributed by atoms with van der Waals surface area (Å²) in [5, 5.41) is 3.32. The Balaban J connectivity index is 1.99. The first-order valence-electron chi connectivity index (χ1n) is 6.04. The van der Waals surface area contributed by atoms with Gasteiger partial charge in [0.2, 0.25) is 0 Å². The largest absolute Gasteiger partial charge is 0.490 e. The fourth-order valence-corrected chi connectivity index (χ4v) is 2.62. The van der Waals surface area contributed by atoms with Gasteiger partial charge >= 0.3 is 0 Å². The Labute approximate surface area is 94.8 Å². The summed E-state index contributed by atoms with van der Waals surface area (Å²) in [7, 11) is 0. The van der Waals surface area contributed by atoms with Crippen molar-refractivity contribution in [2.24, 2.45) is 0 Å². The van der Waals surface area contributed by atoms with Gasteiger partial charge in [-0.15, -0.1) is 0 Å². The second-order valence-electron chi connectivity index (χ2n) is 4.56. The van der Waals surface area contributed by atoms with Crippen molar-refractivity contribution in [3.63, 3.8) is 0 Å². The SMILES string of the molecule is Fc1c([C@H]2CCCN2)ccc2c1OCCC2. The zero-order valence-electron chi connectivity index (χ0n) is 9.26. The van der Waals surface area contributed by atoms with Gasteiger partial charge in [-0.25, -0.2) is 4.39 Å². The highest BCUT2D eigenvalue weighted by Crippen LogP contribution is 2.34. The fourth-order valence-electron chi connectivity index (χ4n) is 2.62. The van der Waals surface area contributed by atoms with Gasteiger partial charge in [-0.05, 0) is 37.8 Å². The zero-order chi connectivity index (χ0) is 11.0. The van der Waals surface area contributed by atoms with E-state index in [9.17, 15) is 4.39 Å². The molecule has 1 atom stereocenters. The van der Waals surface area contributed by atoms with Crippen molar-refractivity contribution in [2.45, 2.75) is 31.7 Å². The van der Waals surface area contributed by atoms with Crippen LogP contribution in [-0.4, -0.2) is 13.2 Å². The van der Waals surface area contributed by atoms with Gasteiger partial charge in [0.15, 0.2) is 11.6 Å². The smallest absolute Gasteiger partial charge is 0.170 e. The van der Waals surface area contributed by atoms with Crippen LogP contribution in [0.15, 0.2) is 12.1 Å². The lowest BCUT2D eigenvalue weighted by molar-refractivity contribution is 0.271. The van der Waals surface area contributed by atoms with Crippen molar-refractivity contribution in [3.05, 3.63) is 29.1 Å². The molecule has 1 fully saturated rings. The summed E-state index contributed by atoms with van der Waals surface area (Å²) in [4.78, 5) is 0. The van der Waals surface area contributed by atoms with Crippen LogP contribution in [0.25, 0.3) is 0 Å². The summed E-state index contributed by atoms with van der Waals surface area (Å²) in [5.74, 6) is 0.356. The van der Waals surface area contributed by atoms with Crippen molar-refractivity contribution in [2.75, 3.05) is 13.2 Å². The maximum absolute atomic E-state index is 14.2. The molecule has 2 aliphatic heterocycles. The van der Waals surface area contributed by atoms with Gasteiger partial charge in [-0.3, -0.25) is 0 Å². The molecule has 0 aliphatic carbocycles. The maximum atomic E-state index is 14.2. The zero-order valence-corrected chi connectivity index (χ0v) is 9.26. The Morgan fingerprint density at radius 1 is 1.31 bits per heavy atom. The van der Waals surface area contributed by atoms with E-state index in [2.05, 4.69) is 5.32 Å². The minimum absolute atomic E-state index is 0.142. The molecule has 16 heavy (non-hydrogen) atoms. The Morgan fingerprint density at radius 2 is 2.25 bits per heavy atom. The van der Waals surface area contributed by atoms with E-state index in [1.54, 1.807) is 0 Å². The van der Waals surface area contributed by atoms with E-state index >= 15 is 0 Å². The van der Waals surface area contributed by atoms with Gasteiger partial charge in [-0.2, -0.15) is 0 Å². The normalized spacial score (nSPS) is 23.9. The molecule has 0 aromatic heterocycles. The number of fused-ring (bicyclic) bond motifs is 1. The van der Waals surface area contributed by atoms with Gasteiger partial charge in [-0.1, -0.05) is 12.1 Å². The summed E-state index contributed by atoms with van der Waals surface area (Å²) in [6.07, 6.45) is 4.08. The summed E-state index contributed by atoms with van der Waals surface area (Å²) in [5.41, 5.74) is 1.80. The first-order chi connectivity index (χ1) is 7.86. The highest BCUT2D eigenvalue weighted by molar-refractivity contribution is 5.42.